The van der Waals surface area contributed by atoms with Gasteiger partial charge in [-0.05, 0) is 94.7 Å². The fourth-order valence-electron chi connectivity index (χ4n) is 7.21. The molecule has 0 bridgehead atoms. The van der Waals surface area contributed by atoms with Gasteiger partial charge in [0.1, 0.15) is 0 Å². The highest BCUT2D eigenvalue weighted by Gasteiger charge is 2.18. The number of anilines is 2. The first-order valence-corrected chi connectivity index (χ1v) is 20.8. The van der Waals surface area contributed by atoms with Crippen LogP contribution in [-0.4, -0.2) is 61.7 Å². The number of benzene rings is 6. The molecule has 0 fully saturated rings. The van der Waals surface area contributed by atoms with Crippen molar-refractivity contribution in [1.82, 2.24) is 30.4 Å². The Morgan fingerprint density at radius 2 is 0.984 bits per heavy atom. The number of hydrogen-bond acceptors (Lipinski definition) is 9. The van der Waals surface area contributed by atoms with Gasteiger partial charge in [0.25, 0.3) is 11.8 Å². The Hall–Kier alpha value is -8.60. The lowest BCUT2D eigenvalue weighted by Gasteiger charge is -2.07. The SMILES string of the molecule is NS(=O)(=O)c1ccc(NC(=O)c2n[nH]c3ccc(-c4cncc5ccccc45)cc23)cc1.O=C(O)c1ccc(NC(=O)c2n[nH]c3ccc(-c4cncc5ccccc45)cc23)cc1. The van der Waals surface area contributed by atoms with E-state index in [1.807, 2.05) is 104 Å². The van der Waals surface area contributed by atoms with Crippen molar-refractivity contribution in [1.29, 1.82) is 0 Å². The number of sulfonamides is 1. The summed E-state index contributed by atoms with van der Waals surface area (Å²) >= 11 is 0. The summed E-state index contributed by atoms with van der Waals surface area (Å²) in [6.45, 7) is 0. The molecular formula is C47H33N9O6S. The quantitative estimate of drug-likeness (QED) is 0.0853. The fourth-order valence-corrected chi connectivity index (χ4v) is 7.72. The number of nitrogens with one attached hydrogen (secondary N) is 4. The van der Waals surface area contributed by atoms with Crippen LogP contribution in [0.5, 0.6) is 0 Å². The number of amides is 2. The molecular weight excluding hydrogens is 819 g/mol. The van der Waals surface area contributed by atoms with Crippen LogP contribution in [0.15, 0.2) is 163 Å². The number of carboxylic acids is 1. The molecule has 10 aromatic rings. The van der Waals surface area contributed by atoms with Gasteiger partial charge in [-0.2, -0.15) is 10.2 Å². The Morgan fingerprint density at radius 1 is 0.540 bits per heavy atom. The van der Waals surface area contributed by atoms with Gasteiger partial charge in [0.2, 0.25) is 10.0 Å². The molecule has 0 unspecified atom stereocenters. The Balaban J connectivity index is 0.000000160. The van der Waals surface area contributed by atoms with Crippen LogP contribution >= 0.6 is 0 Å². The Kier molecular flexibility index (Phi) is 10.4. The third-order valence-electron chi connectivity index (χ3n) is 10.3. The summed E-state index contributed by atoms with van der Waals surface area (Å²) in [6.07, 6.45) is 7.25. The van der Waals surface area contributed by atoms with Crippen LogP contribution in [0.2, 0.25) is 0 Å². The number of H-pyrrole nitrogens is 2. The summed E-state index contributed by atoms with van der Waals surface area (Å²) in [7, 11) is -3.80. The average Bonchev–Trinajstić information content (AvgIpc) is 3.93. The molecule has 10 rings (SSSR count). The number of nitrogens with two attached hydrogens (primary N) is 1. The summed E-state index contributed by atoms with van der Waals surface area (Å²) in [6, 6.07) is 39.1. The predicted molar refractivity (Wildman–Crippen MR) is 241 cm³/mol. The van der Waals surface area contributed by atoms with Gasteiger partial charge in [-0.1, -0.05) is 60.7 Å². The maximum absolute atomic E-state index is 12.9. The second kappa shape index (κ2) is 16.5. The average molecular weight is 852 g/mol. The molecule has 4 heterocycles. The molecule has 308 valence electrons. The number of hydrogen-bond donors (Lipinski definition) is 6. The molecule has 4 aromatic heterocycles. The molecule has 15 nitrogen and oxygen atoms in total. The van der Waals surface area contributed by atoms with Crippen molar-refractivity contribution in [2.24, 2.45) is 5.14 Å². The van der Waals surface area contributed by atoms with Gasteiger partial charge < -0.3 is 15.7 Å². The van der Waals surface area contributed by atoms with Gasteiger partial charge in [-0.3, -0.25) is 29.8 Å². The number of fused-ring (bicyclic) bond motifs is 4. The number of aromatic carboxylic acids is 1. The summed E-state index contributed by atoms with van der Waals surface area (Å²) in [5, 5.41) is 39.3. The van der Waals surface area contributed by atoms with Crippen LogP contribution in [0.1, 0.15) is 31.3 Å². The number of aromatic amines is 2. The van der Waals surface area contributed by atoms with Crippen molar-refractivity contribution >= 4 is 82.5 Å². The van der Waals surface area contributed by atoms with Crippen LogP contribution < -0.4 is 15.8 Å². The summed E-state index contributed by atoms with van der Waals surface area (Å²) < 4.78 is 22.8. The zero-order valence-corrected chi connectivity index (χ0v) is 33.6. The van der Waals surface area contributed by atoms with Crippen LogP contribution in [0.25, 0.3) is 65.6 Å². The van der Waals surface area contributed by atoms with Gasteiger partial charge in [0.05, 0.1) is 21.5 Å². The number of rotatable bonds is 8. The summed E-state index contributed by atoms with van der Waals surface area (Å²) in [5.74, 6) is -1.83. The third kappa shape index (κ3) is 8.17. The van der Waals surface area contributed by atoms with E-state index in [4.69, 9.17) is 10.2 Å². The molecule has 0 aliphatic carbocycles. The van der Waals surface area contributed by atoms with Crippen molar-refractivity contribution in [2.45, 2.75) is 4.90 Å². The second-order valence-electron chi connectivity index (χ2n) is 14.3. The first-order chi connectivity index (χ1) is 30.5. The van der Waals surface area contributed by atoms with Crippen LogP contribution in [-0.2, 0) is 10.0 Å². The smallest absolute Gasteiger partial charge is 0.335 e. The lowest BCUT2D eigenvalue weighted by Crippen LogP contribution is -2.14. The van der Waals surface area contributed by atoms with Crippen LogP contribution in [0, 0.1) is 0 Å². The minimum atomic E-state index is -3.80. The number of carboxylic acid groups (broad SMARTS) is 1. The zero-order chi connectivity index (χ0) is 43.7. The van der Waals surface area contributed by atoms with Crippen molar-refractivity contribution < 1.29 is 27.9 Å². The molecule has 0 atom stereocenters. The molecule has 0 aliphatic rings. The van der Waals surface area contributed by atoms with E-state index in [1.54, 1.807) is 18.3 Å². The highest BCUT2D eigenvalue weighted by atomic mass is 32.2. The minimum absolute atomic E-state index is 0.0333. The van der Waals surface area contributed by atoms with Crippen LogP contribution in [0.4, 0.5) is 11.4 Å². The molecule has 0 radical (unpaired) electrons. The standard InChI is InChI=1S/C24H16N4O3.C23H17N5O3S/c29-23(26-17-8-5-14(6-9-17)24(30)31)22-19-11-15(7-10-21(19)27-28-22)20-13-25-12-16-3-1-2-4-18(16)20;24-32(30,31)17-8-6-16(7-9-17)26-23(29)22-19-11-14(5-10-21(19)27-28-22)20-13-25-12-15-3-1-2-4-18(15)20/h1-13H,(H,26,29)(H,27,28)(H,30,31);1-13H,(H,26,29)(H,27,28)(H2,24,30,31). The fraction of sp³-hybridized carbons (Fsp3) is 0. The van der Waals surface area contributed by atoms with Gasteiger partial charge in [-0.15, -0.1) is 0 Å². The zero-order valence-electron chi connectivity index (χ0n) is 32.8. The first kappa shape index (κ1) is 39.8. The molecule has 0 spiro atoms. The lowest BCUT2D eigenvalue weighted by molar-refractivity contribution is 0.0696. The van der Waals surface area contributed by atoms with Gasteiger partial charge in [0, 0.05) is 68.8 Å². The van der Waals surface area contributed by atoms with Gasteiger partial charge >= 0.3 is 5.97 Å². The lowest BCUT2D eigenvalue weighted by atomic mass is 9.99. The van der Waals surface area contributed by atoms with Crippen molar-refractivity contribution in [3.05, 3.63) is 175 Å². The van der Waals surface area contributed by atoms with Gasteiger partial charge in [0.15, 0.2) is 11.4 Å². The second-order valence-corrected chi connectivity index (χ2v) is 15.9. The molecule has 0 saturated carbocycles. The Morgan fingerprint density at radius 3 is 1.43 bits per heavy atom. The number of pyridine rings is 2. The number of primary sulfonamides is 1. The summed E-state index contributed by atoms with van der Waals surface area (Å²) in [5.41, 5.74) is 6.77. The van der Waals surface area contributed by atoms with E-state index < -0.39 is 21.9 Å². The first-order valence-electron chi connectivity index (χ1n) is 19.2. The molecule has 2 amide bonds. The number of carbonyl (C=O) groups is 3. The third-order valence-corrected chi connectivity index (χ3v) is 11.3. The Bertz CT molecular complexity index is 3500. The highest BCUT2D eigenvalue weighted by Crippen LogP contribution is 2.32. The number of nitrogens with zero attached hydrogens (tertiary/aromatic N) is 4. The van der Waals surface area contributed by atoms with Gasteiger partial charge in [-0.25, -0.2) is 18.4 Å². The van der Waals surface area contributed by atoms with Crippen LogP contribution in [0.3, 0.4) is 0 Å². The number of aromatic nitrogens is 6. The Labute approximate surface area is 357 Å². The van der Waals surface area contributed by atoms with E-state index in [1.165, 1.54) is 36.4 Å². The van der Waals surface area contributed by atoms with Crippen molar-refractivity contribution in [3.63, 3.8) is 0 Å². The van der Waals surface area contributed by atoms with E-state index in [2.05, 4.69) is 41.0 Å². The normalized spacial score (nSPS) is 11.3. The van der Waals surface area contributed by atoms with Crippen molar-refractivity contribution in [2.75, 3.05) is 10.6 Å². The molecule has 63 heavy (non-hydrogen) atoms. The molecule has 16 heteroatoms. The monoisotopic (exact) mass is 851 g/mol. The van der Waals surface area contributed by atoms with E-state index in [-0.39, 0.29) is 27.8 Å². The highest BCUT2D eigenvalue weighted by molar-refractivity contribution is 7.89. The number of carbonyl (C=O) groups excluding carboxylic acids is 2. The topological polar surface area (TPSA) is 239 Å². The maximum atomic E-state index is 12.9. The van der Waals surface area contributed by atoms with E-state index in [0.717, 1.165) is 54.8 Å². The molecule has 0 aliphatic heterocycles. The molecule has 0 saturated heterocycles. The maximum Gasteiger partial charge on any atom is 0.335 e. The minimum Gasteiger partial charge on any atom is -0.478 e. The van der Waals surface area contributed by atoms with Crippen molar-refractivity contribution in [3.8, 4) is 22.3 Å². The van der Waals surface area contributed by atoms with E-state index >= 15 is 0 Å². The van der Waals surface area contributed by atoms with E-state index in [9.17, 15) is 22.8 Å². The van der Waals surface area contributed by atoms with E-state index in [0.29, 0.717) is 22.1 Å². The largest absolute Gasteiger partial charge is 0.478 e. The molecule has 6 aromatic carbocycles. The summed E-state index contributed by atoms with van der Waals surface area (Å²) in [4.78, 5) is 45.4. The predicted octanol–water partition coefficient (Wildman–Crippen LogP) is 8.41. The molecule has 7 N–H and O–H groups in total.